The number of urea groups is 1. The van der Waals surface area contributed by atoms with Gasteiger partial charge < -0.3 is 10.6 Å². The lowest BCUT2D eigenvalue weighted by Gasteiger charge is -2.13. The van der Waals surface area contributed by atoms with Crippen LogP contribution in [0.4, 0.5) is 10.5 Å². The quantitative estimate of drug-likeness (QED) is 0.828. The number of benzene rings is 1. The van der Waals surface area contributed by atoms with Crippen molar-refractivity contribution < 1.29 is 4.79 Å². The molecule has 1 saturated carbocycles. The number of nitrogens with one attached hydrogen (secondary N) is 2. The maximum atomic E-state index is 11.7. The van der Waals surface area contributed by atoms with E-state index in [0.29, 0.717) is 11.1 Å². The van der Waals surface area contributed by atoms with Crippen LogP contribution in [0, 0.1) is 6.92 Å². The van der Waals surface area contributed by atoms with Gasteiger partial charge in [-0.15, -0.1) is 0 Å². The second-order valence-corrected chi connectivity index (χ2v) is 4.95. The van der Waals surface area contributed by atoms with Crippen molar-refractivity contribution in [1.29, 1.82) is 0 Å². The van der Waals surface area contributed by atoms with E-state index in [1.165, 1.54) is 12.8 Å². The molecule has 0 atom stereocenters. The van der Waals surface area contributed by atoms with Crippen molar-refractivity contribution in [2.24, 2.45) is 0 Å². The van der Waals surface area contributed by atoms with E-state index >= 15 is 0 Å². The number of hydrogen-bond acceptors (Lipinski definition) is 1. The summed E-state index contributed by atoms with van der Waals surface area (Å²) in [4.78, 5) is 11.7. The summed E-state index contributed by atoms with van der Waals surface area (Å²) >= 11 is 6.00. The summed E-state index contributed by atoms with van der Waals surface area (Å²) in [5, 5.41) is 6.44. The fourth-order valence-electron chi connectivity index (χ4n) is 2.09. The van der Waals surface area contributed by atoms with Crippen LogP contribution in [0.2, 0.25) is 5.02 Å². The Bertz CT molecular complexity index is 414. The van der Waals surface area contributed by atoms with Crippen LogP contribution in [0.1, 0.15) is 31.2 Å². The number of amides is 2. The van der Waals surface area contributed by atoms with Crippen LogP contribution in [-0.4, -0.2) is 12.1 Å². The average molecular weight is 253 g/mol. The Morgan fingerprint density at radius 1 is 1.35 bits per heavy atom. The molecule has 0 heterocycles. The van der Waals surface area contributed by atoms with Gasteiger partial charge in [0, 0.05) is 16.8 Å². The van der Waals surface area contributed by atoms with E-state index in [9.17, 15) is 4.79 Å². The molecule has 92 valence electrons. The van der Waals surface area contributed by atoms with Gasteiger partial charge in [-0.1, -0.05) is 30.5 Å². The molecule has 4 heteroatoms. The van der Waals surface area contributed by atoms with Crippen molar-refractivity contribution in [3.8, 4) is 0 Å². The van der Waals surface area contributed by atoms with E-state index in [4.69, 9.17) is 11.6 Å². The third kappa shape index (κ3) is 3.37. The van der Waals surface area contributed by atoms with Gasteiger partial charge in [0.15, 0.2) is 0 Å². The van der Waals surface area contributed by atoms with Gasteiger partial charge in [0.05, 0.1) is 0 Å². The first-order valence-electron chi connectivity index (χ1n) is 5.99. The first kappa shape index (κ1) is 12.2. The van der Waals surface area contributed by atoms with Crippen molar-refractivity contribution >= 4 is 23.3 Å². The zero-order chi connectivity index (χ0) is 12.3. The number of rotatable bonds is 2. The molecule has 0 unspecified atom stereocenters. The van der Waals surface area contributed by atoms with E-state index in [0.717, 1.165) is 24.1 Å². The summed E-state index contributed by atoms with van der Waals surface area (Å²) in [6.45, 7) is 1.94. The summed E-state index contributed by atoms with van der Waals surface area (Å²) in [5.41, 5.74) is 1.74. The Hall–Kier alpha value is -1.22. The van der Waals surface area contributed by atoms with E-state index in [1.807, 2.05) is 19.1 Å². The van der Waals surface area contributed by atoms with Crippen LogP contribution in [0.25, 0.3) is 0 Å². The molecule has 2 amide bonds. The van der Waals surface area contributed by atoms with E-state index < -0.39 is 0 Å². The first-order valence-corrected chi connectivity index (χ1v) is 6.36. The molecule has 0 aliphatic heterocycles. The van der Waals surface area contributed by atoms with Gasteiger partial charge in [0.2, 0.25) is 0 Å². The largest absolute Gasteiger partial charge is 0.335 e. The Morgan fingerprint density at radius 2 is 2.06 bits per heavy atom. The lowest BCUT2D eigenvalue weighted by Crippen LogP contribution is -2.36. The summed E-state index contributed by atoms with van der Waals surface area (Å²) in [6, 6.07) is 5.71. The molecular formula is C13H17ClN2O. The predicted molar refractivity (Wildman–Crippen MR) is 70.6 cm³/mol. The third-order valence-corrected chi connectivity index (χ3v) is 3.53. The highest BCUT2D eigenvalue weighted by Crippen LogP contribution is 2.20. The maximum absolute atomic E-state index is 11.7. The Balaban J connectivity index is 1.90. The maximum Gasteiger partial charge on any atom is 0.319 e. The first-order chi connectivity index (χ1) is 8.15. The zero-order valence-corrected chi connectivity index (χ0v) is 10.7. The second-order valence-electron chi connectivity index (χ2n) is 4.54. The smallest absolute Gasteiger partial charge is 0.319 e. The second kappa shape index (κ2) is 5.41. The van der Waals surface area contributed by atoms with Crippen LogP contribution in [0.15, 0.2) is 18.2 Å². The molecule has 1 aliphatic rings. The van der Waals surface area contributed by atoms with Gasteiger partial charge in [-0.3, -0.25) is 0 Å². The van der Waals surface area contributed by atoms with E-state index in [1.54, 1.807) is 6.07 Å². The summed E-state index contributed by atoms with van der Waals surface area (Å²) < 4.78 is 0. The molecule has 0 spiro atoms. The number of hydrogen-bond donors (Lipinski definition) is 2. The van der Waals surface area contributed by atoms with Crippen LogP contribution < -0.4 is 10.6 Å². The normalized spacial score (nSPS) is 15.9. The number of carbonyl (C=O) groups excluding carboxylic acids is 1. The highest BCUT2D eigenvalue weighted by molar-refractivity contribution is 6.31. The number of carbonyl (C=O) groups is 1. The fourth-order valence-corrected chi connectivity index (χ4v) is 2.27. The molecule has 3 nitrogen and oxygen atoms in total. The van der Waals surface area contributed by atoms with Gasteiger partial charge in [-0.25, -0.2) is 4.79 Å². The van der Waals surface area contributed by atoms with E-state index in [2.05, 4.69) is 10.6 Å². The zero-order valence-electron chi connectivity index (χ0n) is 9.92. The number of anilines is 1. The minimum atomic E-state index is -0.142. The molecule has 1 aromatic rings. The number of aryl methyl sites for hydroxylation is 1. The average Bonchev–Trinajstić information content (AvgIpc) is 2.76. The Kier molecular flexibility index (Phi) is 3.89. The Labute approximate surface area is 107 Å². The lowest BCUT2D eigenvalue weighted by atomic mass is 10.2. The third-order valence-electron chi connectivity index (χ3n) is 3.12. The minimum Gasteiger partial charge on any atom is -0.335 e. The monoisotopic (exact) mass is 252 g/mol. The van der Waals surface area contributed by atoms with Gasteiger partial charge in [0.1, 0.15) is 0 Å². The molecule has 1 aliphatic carbocycles. The SMILES string of the molecule is Cc1ccc(NC(=O)NC2CCCC2)cc1Cl. The van der Waals surface area contributed by atoms with Crippen molar-refractivity contribution in [2.45, 2.75) is 38.6 Å². The van der Waals surface area contributed by atoms with Crippen LogP contribution in [0.5, 0.6) is 0 Å². The minimum absolute atomic E-state index is 0.142. The topological polar surface area (TPSA) is 41.1 Å². The molecule has 1 aromatic carbocycles. The molecule has 2 rings (SSSR count). The Morgan fingerprint density at radius 3 is 2.71 bits per heavy atom. The molecule has 0 aromatic heterocycles. The van der Waals surface area contributed by atoms with E-state index in [-0.39, 0.29) is 6.03 Å². The molecular weight excluding hydrogens is 236 g/mol. The number of halogens is 1. The van der Waals surface area contributed by atoms with Gasteiger partial charge in [-0.2, -0.15) is 0 Å². The lowest BCUT2D eigenvalue weighted by molar-refractivity contribution is 0.248. The van der Waals surface area contributed by atoms with Crippen LogP contribution in [0.3, 0.4) is 0 Å². The molecule has 2 N–H and O–H groups in total. The molecule has 1 fully saturated rings. The van der Waals surface area contributed by atoms with Crippen molar-refractivity contribution in [3.63, 3.8) is 0 Å². The summed E-state index contributed by atoms with van der Waals surface area (Å²) in [7, 11) is 0. The van der Waals surface area contributed by atoms with Crippen LogP contribution in [-0.2, 0) is 0 Å². The summed E-state index contributed by atoms with van der Waals surface area (Å²) in [6.07, 6.45) is 4.59. The highest BCUT2D eigenvalue weighted by atomic mass is 35.5. The molecule has 17 heavy (non-hydrogen) atoms. The predicted octanol–water partition coefficient (Wildman–Crippen LogP) is 3.71. The van der Waals surface area contributed by atoms with Crippen LogP contribution >= 0.6 is 11.6 Å². The molecule has 0 bridgehead atoms. The van der Waals surface area contributed by atoms with Gasteiger partial charge >= 0.3 is 6.03 Å². The van der Waals surface area contributed by atoms with Gasteiger partial charge in [0.25, 0.3) is 0 Å². The fraction of sp³-hybridized carbons (Fsp3) is 0.462. The van der Waals surface area contributed by atoms with Crippen molar-refractivity contribution in [3.05, 3.63) is 28.8 Å². The molecule has 0 saturated heterocycles. The van der Waals surface area contributed by atoms with Crippen molar-refractivity contribution in [1.82, 2.24) is 5.32 Å². The van der Waals surface area contributed by atoms with Crippen molar-refractivity contribution in [2.75, 3.05) is 5.32 Å². The highest BCUT2D eigenvalue weighted by Gasteiger charge is 2.16. The van der Waals surface area contributed by atoms with Gasteiger partial charge in [-0.05, 0) is 37.5 Å². The summed E-state index contributed by atoms with van der Waals surface area (Å²) in [5.74, 6) is 0. The molecule has 0 radical (unpaired) electrons. The standard InChI is InChI=1S/C13H17ClN2O/c1-9-6-7-11(8-12(9)14)16-13(17)15-10-4-2-3-5-10/h6-8,10H,2-5H2,1H3,(H2,15,16,17).